The van der Waals surface area contributed by atoms with Crippen LogP contribution < -0.4 is 0 Å². The molecule has 98 valence electrons. The van der Waals surface area contributed by atoms with Crippen molar-refractivity contribution in [2.24, 2.45) is 11.8 Å². The molecule has 0 aromatic heterocycles. The third-order valence-corrected chi connectivity index (χ3v) is 4.60. The molecule has 1 heterocycles. The quantitative estimate of drug-likeness (QED) is 0.726. The third-order valence-electron chi connectivity index (χ3n) is 4.35. The molecular formula is C15H18ClFO. The summed E-state index contributed by atoms with van der Waals surface area (Å²) in [6, 6.07) is 7.89. The van der Waals surface area contributed by atoms with Crippen molar-refractivity contribution in [2.75, 3.05) is 6.61 Å². The molecule has 0 amide bonds. The van der Waals surface area contributed by atoms with E-state index in [4.69, 9.17) is 16.3 Å². The van der Waals surface area contributed by atoms with E-state index in [1.54, 1.807) is 0 Å². The van der Waals surface area contributed by atoms with E-state index in [1.807, 2.05) is 24.3 Å². The highest BCUT2D eigenvalue weighted by atomic mass is 35.5. The van der Waals surface area contributed by atoms with E-state index in [2.05, 4.69) is 0 Å². The summed E-state index contributed by atoms with van der Waals surface area (Å²) < 4.78 is 19.4. The fourth-order valence-electron chi connectivity index (χ4n) is 3.43. The van der Waals surface area contributed by atoms with Gasteiger partial charge in [0, 0.05) is 11.6 Å². The molecule has 0 radical (unpaired) electrons. The van der Waals surface area contributed by atoms with Gasteiger partial charge in [0.25, 0.3) is 0 Å². The fourth-order valence-corrected chi connectivity index (χ4v) is 3.55. The van der Waals surface area contributed by atoms with Gasteiger partial charge in [0.1, 0.15) is 6.17 Å². The van der Waals surface area contributed by atoms with Crippen molar-refractivity contribution >= 4 is 11.6 Å². The summed E-state index contributed by atoms with van der Waals surface area (Å²) in [6.07, 6.45) is 2.89. The third kappa shape index (κ3) is 2.41. The Kier molecular flexibility index (Phi) is 3.58. The van der Waals surface area contributed by atoms with E-state index in [9.17, 15) is 4.39 Å². The fraction of sp³-hybridized carbons (Fsp3) is 0.600. The van der Waals surface area contributed by atoms with E-state index in [1.165, 1.54) is 5.56 Å². The SMILES string of the molecule is FC1CC[C@H]2[C@@H](CCO[C@@H]2c2ccc(Cl)cc2)C1. The molecule has 3 rings (SSSR count). The number of alkyl halides is 1. The topological polar surface area (TPSA) is 9.23 Å². The molecule has 4 atom stereocenters. The van der Waals surface area contributed by atoms with Crippen LogP contribution in [0.4, 0.5) is 4.39 Å². The lowest BCUT2D eigenvalue weighted by Crippen LogP contribution is -2.36. The van der Waals surface area contributed by atoms with Crippen LogP contribution in [0, 0.1) is 11.8 Å². The van der Waals surface area contributed by atoms with Gasteiger partial charge in [-0.1, -0.05) is 23.7 Å². The number of ether oxygens (including phenoxy) is 1. The van der Waals surface area contributed by atoms with Crippen molar-refractivity contribution in [1.29, 1.82) is 0 Å². The van der Waals surface area contributed by atoms with E-state index >= 15 is 0 Å². The van der Waals surface area contributed by atoms with Gasteiger partial charge in [-0.2, -0.15) is 0 Å². The minimum absolute atomic E-state index is 0.133. The van der Waals surface area contributed by atoms with Crippen LogP contribution in [0.2, 0.25) is 5.02 Å². The molecule has 0 N–H and O–H groups in total. The predicted octanol–water partition coefficient (Wildman–Crippen LogP) is 4.56. The highest BCUT2D eigenvalue weighted by molar-refractivity contribution is 6.30. The molecule has 1 saturated heterocycles. The zero-order valence-electron chi connectivity index (χ0n) is 10.3. The molecule has 1 aromatic rings. The maximum absolute atomic E-state index is 13.5. The van der Waals surface area contributed by atoms with Crippen LogP contribution in [0.1, 0.15) is 37.4 Å². The van der Waals surface area contributed by atoms with Gasteiger partial charge < -0.3 is 4.74 Å². The molecule has 1 aliphatic carbocycles. The number of benzene rings is 1. The monoisotopic (exact) mass is 268 g/mol. The van der Waals surface area contributed by atoms with Crippen molar-refractivity contribution in [3.63, 3.8) is 0 Å². The Morgan fingerprint density at radius 1 is 1.11 bits per heavy atom. The number of halogens is 2. The largest absolute Gasteiger partial charge is 0.373 e. The Morgan fingerprint density at radius 3 is 2.67 bits per heavy atom. The molecule has 18 heavy (non-hydrogen) atoms. The predicted molar refractivity (Wildman–Crippen MR) is 70.5 cm³/mol. The van der Waals surface area contributed by atoms with Crippen LogP contribution in [-0.2, 0) is 4.74 Å². The zero-order valence-corrected chi connectivity index (χ0v) is 11.1. The molecule has 0 spiro atoms. The van der Waals surface area contributed by atoms with Gasteiger partial charge in [-0.05, 0) is 55.2 Å². The van der Waals surface area contributed by atoms with Gasteiger partial charge >= 0.3 is 0 Å². The van der Waals surface area contributed by atoms with Crippen LogP contribution in [-0.4, -0.2) is 12.8 Å². The van der Waals surface area contributed by atoms with Crippen molar-refractivity contribution in [1.82, 2.24) is 0 Å². The molecule has 1 unspecified atom stereocenters. The zero-order chi connectivity index (χ0) is 12.5. The summed E-state index contributed by atoms with van der Waals surface area (Å²) >= 11 is 5.92. The lowest BCUT2D eigenvalue weighted by Gasteiger charge is -2.42. The summed E-state index contributed by atoms with van der Waals surface area (Å²) in [5.74, 6) is 0.968. The number of hydrogen-bond donors (Lipinski definition) is 0. The molecule has 1 aromatic carbocycles. The maximum atomic E-state index is 13.5. The number of hydrogen-bond acceptors (Lipinski definition) is 1. The summed E-state index contributed by atoms with van der Waals surface area (Å²) in [7, 11) is 0. The Bertz CT molecular complexity index is 405. The Labute approximate surface area is 112 Å². The van der Waals surface area contributed by atoms with Gasteiger partial charge in [0.15, 0.2) is 0 Å². The molecule has 2 fully saturated rings. The summed E-state index contributed by atoms with van der Waals surface area (Å²) in [6.45, 7) is 0.751. The van der Waals surface area contributed by atoms with Gasteiger partial charge in [-0.25, -0.2) is 4.39 Å². The van der Waals surface area contributed by atoms with Gasteiger partial charge in [0.2, 0.25) is 0 Å². The average molecular weight is 269 g/mol. The average Bonchev–Trinajstić information content (AvgIpc) is 2.38. The second-order valence-corrected chi connectivity index (χ2v) is 5.90. The molecule has 3 heteroatoms. The first-order chi connectivity index (χ1) is 8.74. The minimum atomic E-state index is -0.602. The second kappa shape index (κ2) is 5.18. The molecule has 2 aliphatic rings. The van der Waals surface area contributed by atoms with E-state index in [0.29, 0.717) is 18.3 Å². The van der Waals surface area contributed by atoms with E-state index in [0.717, 1.165) is 30.9 Å². The molecule has 1 nitrogen and oxygen atoms in total. The van der Waals surface area contributed by atoms with Gasteiger partial charge in [-0.3, -0.25) is 0 Å². The van der Waals surface area contributed by atoms with Crippen LogP contribution in [0.3, 0.4) is 0 Å². The standard InChI is InChI=1S/C15H18ClFO/c16-12-3-1-10(2-4-12)15-14-6-5-13(17)9-11(14)7-8-18-15/h1-4,11,13-15H,5-9H2/t11-,13?,14-,15+/m0/s1. The molecular weight excluding hydrogens is 251 g/mol. The summed E-state index contributed by atoms with van der Waals surface area (Å²) in [4.78, 5) is 0. The first kappa shape index (κ1) is 12.4. The molecule has 1 saturated carbocycles. The normalized spacial score (nSPS) is 36.1. The first-order valence-corrected chi connectivity index (χ1v) is 7.13. The lowest BCUT2D eigenvalue weighted by atomic mass is 9.71. The van der Waals surface area contributed by atoms with Crippen molar-refractivity contribution < 1.29 is 9.13 Å². The van der Waals surface area contributed by atoms with Crippen molar-refractivity contribution in [3.05, 3.63) is 34.9 Å². The number of fused-ring (bicyclic) bond motifs is 1. The smallest absolute Gasteiger partial charge is 0.100 e. The Hall–Kier alpha value is -0.600. The van der Waals surface area contributed by atoms with Crippen LogP contribution in [0.5, 0.6) is 0 Å². The van der Waals surface area contributed by atoms with Crippen molar-refractivity contribution in [3.8, 4) is 0 Å². The molecule has 0 bridgehead atoms. The lowest BCUT2D eigenvalue weighted by molar-refractivity contribution is -0.0831. The highest BCUT2D eigenvalue weighted by Crippen LogP contribution is 2.46. The summed E-state index contributed by atoms with van der Waals surface area (Å²) in [5.41, 5.74) is 1.19. The van der Waals surface area contributed by atoms with E-state index in [-0.39, 0.29) is 6.10 Å². The molecule has 1 aliphatic heterocycles. The first-order valence-electron chi connectivity index (χ1n) is 6.75. The van der Waals surface area contributed by atoms with Gasteiger partial charge in [-0.15, -0.1) is 0 Å². The van der Waals surface area contributed by atoms with Crippen LogP contribution in [0.15, 0.2) is 24.3 Å². The summed E-state index contributed by atoms with van der Waals surface area (Å²) in [5, 5.41) is 0.749. The second-order valence-electron chi connectivity index (χ2n) is 5.47. The van der Waals surface area contributed by atoms with Crippen LogP contribution in [0.25, 0.3) is 0 Å². The van der Waals surface area contributed by atoms with Crippen molar-refractivity contribution in [2.45, 2.75) is 38.0 Å². The minimum Gasteiger partial charge on any atom is -0.373 e. The maximum Gasteiger partial charge on any atom is 0.100 e. The number of rotatable bonds is 1. The van der Waals surface area contributed by atoms with E-state index < -0.39 is 6.17 Å². The Balaban J connectivity index is 1.81. The van der Waals surface area contributed by atoms with Crippen LogP contribution >= 0.6 is 11.6 Å². The highest BCUT2D eigenvalue weighted by Gasteiger charge is 2.39. The van der Waals surface area contributed by atoms with Gasteiger partial charge in [0.05, 0.1) is 6.10 Å². The Morgan fingerprint density at radius 2 is 1.89 bits per heavy atom.